The van der Waals surface area contributed by atoms with E-state index in [4.69, 9.17) is 5.26 Å². The van der Waals surface area contributed by atoms with Gasteiger partial charge in [-0.15, -0.1) is 0 Å². The maximum atomic E-state index is 9.31. The van der Waals surface area contributed by atoms with Crippen molar-refractivity contribution in [3.8, 4) is 6.19 Å². The van der Waals surface area contributed by atoms with Crippen molar-refractivity contribution >= 4 is 0 Å². The van der Waals surface area contributed by atoms with Crippen LogP contribution in [0.25, 0.3) is 0 Å². The van der Waals surface area contributed by atoms with Crippen molar-refractivity contribution in [2.75, 3.05) is 0 Å². The lowest BCUT2D eigenvalue weighted by atomic mass is 11.3. The molecule has 0 amide bonds. The Morgan fingerprint density at radius 2 is 2.43 bits per heavy atom. The topological polar surface area (TPSA) is 96.2 Å². The molecule has 0 saturated heterocycles. The van der Waals surface area contributed by atoms with Crippen LogP contribution in [0.4, 0.5) is 0 Å². The molecule has 0 bridgehead atoms. The highest BCUT2D eigenvalue weighted by atomic mass is 16.7. The normalized spacial score (nSPS) is 6.86. The second-order valence-corrected chi connectivity index (χ2v) is 0.682. The van der Waals surface area contributed by atoms with Crippen molar-refractivity contribution in [2.45, 2.75) is 0 Å². The molecule has 0 aromatic carbocycles. The Balaban J connectivity index is 3.63. The molecule has 0 aliphatic rings. The van der Waals surface area contributed by atoms with Crippen LogP contribution in [0.5, 0.6) is 0 Å². The van der Waals surface area contributed by atoms with E-state index in [1.807, 2.05) is 0 Å². The van der Waals surface area contributed by atoms with E-state index in [9.17, 15) is 10.1 Å². The summed E-state index contributed by atoms with van der Waals surface area (Å²) in [6.45, 7) is 0. The summed E-state index contributed by atoms with van der Waals surface area (Å²) in [6, 6.07) is 0. The lowest BCUT2D eigenvalue weighted by Crippen LogP contribution is -2.31. The maximum absolute atomic E-state index is 9.31. The molecule has 0 aliphatic carbocycles. The molecule has 38 valence electrons. The van der Waals surface area contributed by atoms with Gasteiger partial charge in [0.1, 0.15) is 0 Å². The summed E-state index contributed by atoms with van der Waals surface area (Å²) in [6.07, 6.45) is 1.08. The minimum atomic E-state index is -1.03. The lowest BCUT2D eigenvalue weighted by molar-refractivity contribution is -0.638. The fourth-order valence-corrected chi connectivity index (χ4v) is 0.0365. The van der Waals surface area contributed by atoms with E-state index in [2.05, 4.69) is 5.84 Å². The Labute approximate surface area is 38.8 Å². The SMILES string of the molecule is N#CN(N)[N+](=O)[O-]. The maximum Gasteiger partial charge on any atom is 0.265 e. The van der Waals surface area contributed by atoms with Gasteiger partial charge in [-0.25, -0.2) is 10.1 Å². The first-order valence-electron chi connectivity index (χ1n) is 1.27. The number of hydrazine groups is 2. The molecule has 6 nitrogen and oxygen atoms in total. The molecule has 0 aromatic rings. The summed E-state index contributed by atoms with van der Waals surface area (Å²) in [5, 5.41) is 15.7. The highest BCUT2D eigenvalue weighted by Gasteiger charge is 2.01. The predicted octanol–water partition coefficient (Wildman–Crippen LogP) is -1.17. The first-order valence-corrected chi connectivity index (χ1v) is 1.27. The number of nitrogens with two attached hydrogens (primary N) is 1. The second kappa shape index (κ2) is 1.94. The van der Waals surface area contributed by atoms with Gasteiger partial charge in [-0.05, 0) is 0 Å². The molecule has 7 heavy (non-hydrogen) atoms. The van der Waals surface area contributed by atoms with E-state index in [1.165, 1.54) is 0 Å². The van der Waals surface area contributed by atoms with E-state index >= 15 is 0 Å². The van der Waals surface area contributed by atoms with Crippen LogP contribution in [-0.2, 0) is 0 Å². The number of nitro groups is 1. The Kier molecular flexibility index (Phi) is 1.57. The summed E-state index contributed by atoms with van der Waals surface area (Å²) in [5.74, 6) is 4.39. The molecule has 0 rings (SSSR count). The largest absolute Gasteiger partial charge is 0.265 e. The molecule has 0 radical (unpaired) electrons. The zero-order valence-corrected chi connectivity index (χ0v) is 3.24. The van der Waals surface area contributed by atoms with E-state index < -0.39 is 5.03 Å². The number of nitriles is 1. The fraction of sp³-hybridized carbons (Fsp3) is 0. The Morgan fingerprint density at radius 3 is 2.43 bits per heavy atom. The molecule has 0 aliphatic heterocycles. The van der Waals surface area contributed by atoms with E-state index in [0.29, 0.717) is 0 Å². The van der Waals surface area contributed by atoms with Gasteiger partial charge < -0.3 is 0 Å². The van der Waals surface area contributed by atoms with Crippen LogP contribution in [0.2, 0.25) is 0 Å². The van der Waals surface area contributed by atoms with Gasteiger partial charge >= 0.3 is 0 Å². The minimum absolute atomic E-state index is 0.181. The van der Waals surface area contributed by atoms with Crippen LogP contribution in [0.1, 0.15) is 0 Å². The second-order valence-electron chi connectivity index (χ2n) is 0.682. The van der Waals surface area contributed by atoms with Crippen LogP contribution in [-0.4, -0.2) is 10.2 Å². The number of nitrogens with zero attached hydrogens (tertiary/aromatic N) is 3. The smallest absolute Gasteiger partial charge is 0.233 e. The number of hydrogen-bond acceptors (Lipinski definition) is 4. The lowest BCUT2D eigenvalue weighted by Gasteiger charge is -1.89. The minimum Gasteiger partial charge on any atom is -0.233 e. The molecule has 0 heterocycles. The van der Waals surface area contributed by atoms with Crippen LogP contribution >= 0.6 is 0 Å². The quantitative estimate of drug-likeness (QED) is 0.148. The molecule has 2 N–H and O–H groups in total. The van der Waals surface area contributed by atoms with E-state index in [-0.39, 0.29) is 5.12 Å². The molecule has 0 atom stereocenters. The van der Waals surface area contributed by atoms with Crippen LogP contribution in [0.3, 0.4) is 0 Å². The highest BCUT2D eigenvalue weighted by molar-refractivity contribution is 4.53. The summed E-state index contributed by atoms with van der Waals surface area (Å²) < 4.78 is 0. The summed E-state index contributed by atoms with van der Waals surface area (Å²) in [5.41, 5.74) is 0. The molecule has 0 spiro atoms. The summed E-state index contributed by atoms with van der Waals surface area (Å²) in [7, 11) is 0. The van der Waals surface area contributed by atoms with Crippen molar-refractivity contribution in [3.05, 3.63) is 10.1 Å². The zero-order chi connectivity index (χ0) is 5.86. The molecule has 0 saturated carbocycles. The van der Waals surface area contributed by atoms with Gasteiger partial charge in [-0.3, -0.25) is 0 Å². The molecular weight excluding hydrogens is 100 g/mol. The Morgan fingerprint density at radius 1 is 2.00 bits per heavy atom. The zero-order valence-electron chi connectivity index (χ0n) is 3.24. The third kappa shape index (κ3) is 1.51. The predicted molar refractivity (Wildman–Crippen MR) is 18.6 cm³/mol. The Bertz CT molecular complexity index is 113. The van der Waals surface area contributed by atoms with E-state index in [0.717, 1.165) is 6.19 Å². The van der Waals surface area contributed by atoms with Crippen molar-refractivity contribution in [3.63, 3.8) is 0 Å². The molecular formula is CH2N4O2. The summed E-state index contributed by atoms with van der Waals surface area (Å²) in [4.78, 5) is 9.31. The van der Waals surface area contributed by atoms with Crippen molar-refractivity contribution < 1.29 is 5.03 Å². The van der Waals surface area contributed by atoms with Gasteiger partial charge in [0.05, 0.1) is 0 Å². The number of hydrogen-bond donors (Lipinski definition) is 1. The van der Waals surface area contributed by atoms with Crippen molar-refractivity contribution in [1.82, 2.24) is 5.12 Å². The number of rotatable bonds is 1. The highest BCUT2D eigenvalue weighted by Crippen LogP contribution is 1.67. The van der Waals surface area contributed by atoms with Gasteiger partial charge in [0.15, 0.2) is 5.03 Å². The molecule has 0 unspecified atom stereocenters. The van der Waals surface area contributed by atoms with Crippen molar-refractivity contribution in [2.24, 2.45) is 5.84 Å². The first-order chi connectivity index (χ1) is 3.18. The van der Waals surface area contributed by atoms with Gasteiger partial charge in [0, 0.05) is 5.12 Å². The van der Waals surface area contributed by atoms with Crippen LogP contribution < -0.4 is 5.84 Å². The molecule has 6 heteroatoms. The van der Waals surface area contributed by atoms with Crippen LogP contribution in [0, 0.1) is 21.6 Å². The van der Waals surface area contributed by atoms with Gasteiger partial charge in [0.2, 0.25) is 0 Å². The standard InChI is InChI=1S/CH2N4O2/c2-1-4(3)5(6)7/h3H2. The first kappa shape index (κ1) is 5.65. The van der Waals surface area contributed by atoms with E-state index in [1.54, 1.807) is 0 Å². The average molecular weight is 102 g/mol. The fourth-order valence-electron chi connectivity index (χ4n) is 0.0365. The van der Waals surface area contributed by atoms with Gasteiger partial charge in [-0.2, -0.15) is 11.1 Å². The third-order valence-corrected chi connectivity index (χ3v) is 0.278. The van der Waals surface area contributed by atoms with Crippen molar-refractivity contribution in [1.29, 1.82) is 5.26 Å². The van der Waals surface area contributed by atoms with Crippen LogP contribution in [0.15, 0.2) is 0 Å². The monoisotopic (exact) mass is 102 g/mol. The average Bonchev–Trinajstić information content (AvgIpc) is 1.65. The summed E-state index contributed by atoms with van der Waals surface area (Å²) >= 11 is 0. The molecule has 0 fully saturated rings. The molecule has 0 aromatic heterocycles. The van der Waals surface area contributed by atoms with Gasteiger partial charge in [0.25, 0.3) is 6.19 Å². The van der Waals surface area contributed by atoms with Gasteiger partial charge in [-0.1, -0.05) is 0 Å². The Hall–Kier alpha value is -1.35. The third-order valence-electron chi connectivity index (χ3n) is 0.278.